The molecule has 2 N–H and O–H groups in total. The van der Waals surface area contributed by atoms with E-state index >= 15 is 0 Å². The molecule has 0 aromatic heterocycles. The fourth-order valence-corrected chi connectivity index (χ4v) is 3.81. The highest BCUT2D eigenvalue weighted by Crippen LogP contribution is 2.40. The van der Waals surface area contributed by atoms with Crippen molar-refractivity contribution in [2.24, 2.45) is 0 Å². The minimum atomic E-state index is -0.0305. The third-order valence-corrected chi connectivity index (χ3v) is 5.46. The summed E-state index contributed by atoms with van der Waals surface area (Å²) in [5.41, 5.74) is 0. The zero-order valence-electron chi connectivity index (χ0n) is 12.1. The number of thioether (sulfide) groups is 1. The third-order valence-electron chi connectivity index (χ3n) is 3.97. The van der Waals surface area contributed by atoms with Crippen LogP contribution in [-0.4, -0.2) is 36.6 Å². The van der Waals surface area contributed by atoms with Gasteiger partial charge in [-0.05, 0) is 37.8 Å². The monoisotopic (exact) mass is 306 g/mol. The van der Waals surface area contributed by atoms with E-state index in [1.807, 2.05) is 17.8 Å². The molecule has 1 aromatic carbocycles. The Kier molecular flexibility index (Phi) is 4.70. The number of hydrogen-bond acceptors (Lipinski definition) is 3. The van der Waals surface area contributed by atoms with E-state index in [1.165, 1.54) is 4.90 Å². The fraction of sp³-hybridized carbons (Fsp3) is 0.562. The molecule has 0 bridgehead atoms. The highest BCUT2D eigenvalue weighted by molar-refractivity contribution is 8.00. The lowest BCUT2D eigenvalue weighted by Crippen LogP contribution is -2.47. The molecule has 1 saturated carbocycles. The van der Waals surface area contributed by atoms with Gasteiger partial charge in [0.1, 0.15) is 0 Å². The van der Waals surface area contributed by atoms with Gasteiger partial charge in [0.05, 0.1) is 0 Å². The number of ether oxygens (including phenoxy) is 1. The van der Waals surface area contributed by atoms with Crippen molar-refractivity contribution >= 4 is 17.8 Å². The van der Waals surface area contributed by atoms with Gasteiger partial charge < -0.3 is 15.4 Å². The van der Waals surface area contributed by atoms with Crippen molar-refractivity contribution in [3.8, 4) is 0 Å². The van der Waals surface area contributed by atoms with Gasteiger partial charge in [-0.1, -0.05) is 18.2 Å². The van der Waals surface area contributed by atoms with E-state index in [2.05, 4.69) is 34.9 Å². The molecular weight excluding hydrogens is 284 g/mol. The van der Waals surface area contributed by atoms with Crippen LogP contribution in [0.1, 0.15) is 25.7 Å². The Balaban J connectivity index is 1.60. The predicted octanol–water partition coefficient (Wildman–Crippen LogP) is 2.79. The topological polar surface area (TPSA) is 50.4 Å². The molecule has 21 heavy (non-hydrogen) atoms. The number of rotatable bonds is 5. The maximum absolute atomic E-state index is 11.9. The van der Waals surface area contributed by atoms with Crippen LogP contribution in [0, 0.1) is 0 Å². The first-order chi connectivity index (χ1) is 10.3. The van der Waals surface area contributed by atoms with E-state index in [9.17, 15) is 4.79 Å². The lowest BCUT2D eigenvalue weighted by Gasteiger charge is -2.36. The Bertz CT molecular complexity index is 470. The maximum atomic E-state index is 11.9. The fourth-order valence-electron chi connectivity index (χ4n) is 2.50. The second kappa shape index (κ2) is 6.71. The zero-order valence-corrected chi connectivity index (χ0v) is 13.0. The van der Waals surface area contributed by atoms with E-state index in [0.717, 1.165) is 38.9 Å². The second-order valence-corrected chi connectivity index (χ2v) is 7.35. The molecule has 1 aromatic rings. The van der Waals surface area contributed by atoms with E-state index < -0.39 is 0 Å². The Morgan fingerprint density at radius 2 is 1.95 bits per heavy atom. The number of urea groups is 1. The average molecular weight is 306 g/mol. The first kappa shape index (κ1) is 14.7. The molecular formula is C16H22N2O2S. The van der Waals surface area contributed by atoms with E-state index in [4.69, 9.17) is 4.74 Å². The van der Waals surface area contributed by atoms with Crippen LogP contribution in [0.15, 0.2) is 35.2 Å². The largest absolute Gasteiger partial charge is 0.381 e. The SMILES string of the molecule is O=C(NCC1(Sc2ccccc2)CCOCC1)NC1CC1. The van der Waals surface area contributed by atoms with Crippen molar-refractivity contribution in [1.29, 1.82) is 0 Å². The van der Waals surface area contributed by atoms with E-state index in [1.54, 1.807) is 0 Å². The molecule has 2 aliphatic rings. The number of carbonyl (C=O) groups excluding carboxylic acids is 1. The molecule has 0 unspecified atom stereocenters. The molecule has 5 heteroatoms. The second-order valence-electron chi connectivity index (χ2n) is 5.81. The van der Waals surface area contributed by atoms with E-state index in [-0.39, 0.29) is 10.8 Å². The van der Waals surface area contributed by atoms with Crippen LogP contribution in [0.4, 0.5) is 4.79 Å². The van der Waals surface area contributed by atoms with Crippen LogP contribution in [0.5, 0.6) is 0 Å². The molecule has 0 spiro atoms. The summed E-state index contributed by atoms with van der Waals surface area (Å²) in [4.78, 5) is 13.1. The molecule has 0 radical (unpaired) electrons. The lowest BCUT2D eigenvalue weighted by molar-refractivity contribution is 0.0776. The number of benzene rings is 1. The molecule has 1 heterocycles. The molecule has 2 fully saturated rings. The third kappa shape index (κ3) is 4.38. The Morgan fingerprint density at radius 1 is 1.24 bits per heavy atom. The van der Waals surface area contributed by atoms with Crippen LogP contribution in [-0.2, 0) is 4.74 Å². The molecule has 1 aliphatic heterocycles. The van der Waals surface area contributed by atoms with Crippen LogP contribution < -0.4 is 10.6 Å². The molecule has 4 nitrogen and oxygen atoms in total. The first-order valence-electron chi connectivity index (χ1n) is 7.62. The Morgan fingerprint density at radius 3 is 2.62 bits per heavy atom. The summed E-state index contributed by atoms with van der Waals surface area (Å²) in [6.45, 7) is 2.23. The smallest absolute Gasteiger partial charge is 0.315 e. The Labute approximate surface area is 130 Å². The zero-order chi connectivity index (χ0) is 14.5. The summed E-state index contributed by atoms with van der Waals surface area (Å²) in [5, 5.41) is 6.04. The molecule has 1 aliphatic carbocycles. The van der Waals surface area contributed by atoms with Gasteiger partial charge >= 0.3 is 6.03 Å². The van der Waals surface area contributed by atoms with Crippen molar-refractivity contribution < 1.29 is 9.53 Å². The highest BCUT2D eigenvalue weighted by atomic mass is 32.2. The molecule has 3 rings (SSSR count). The van der Waals surface area contributed by atoms with Gasteiger partial charge in [0.2, 0.25) is 0 Å². The molecule has 2 amide bonds. The minimum Gasteiger partial charge on any atom is -0.381 e. The van der Waals surface area contributed by atoms with Crippen LogP contribution >= 0.6 is 11.8 Å². The lowest BCUT2D eigenvalue weighted by atomic mass is 9.99. The Hall–Kier alpha value is -1.20. The summed E-state index contributed by atoms with van der Waals surface area (Å²) in [6, 6.07) is 10.8. The van der Waals surface area contributed by atoms with Crippen LogP contribution in [0.2, 0.25) is 0 Å². The molecule has 1 saturated heterocycles. The standard InChI is InChI=1S/C16H22N2O2S/c19-15(18-13-6-7-13)17-12-16(8-10-20-11-9-16)21-14-4-2-1-3-5-14/h1-5,13H,6-12H2,(H2,17,18,19). The van der Waals surface area contributed by atoms with Gasteiger partial charge in [-0.3, -0.25) is 0 Å². The normalized spacial score (nSPS) is 20.8. The quantitative estimate of drug-likeness (QED) is 0.879. The number of carbonyl (C=O) groups is 1. The van der Waals surface area contributed by atoms with Gasteiger partial charge in [-0.2, -0.15) is 0 Å². The van der Waals surface area contributed by atoms with Crippen molar-refractivity contribution in [2.45, 2.75) is 41.4 Å². The van der Waals surface area contributed by atoms with Crippen LogP contribution in [0.25, 0.3) is 0 Å². The van der Waals surface area contributed by atoms with Gasteiger partial charge in [0.15, 0.2) is 0 Å². The minimum absolute atomic E-state index is 0.0305. The van der Waals surface area contributed by atoms with Gasteiger partial charge in [-0.15, -0.1) is 11.8 Å². The summed E-state index contributed by atoms with van der Waals surface area (Å²) in [5.74, 6) is 0. The van der Waals surface area contributed by atoms with Crippen molar-refractivity contribution in [3.05, 3.63) is 30.3 Å². The molecule has 0 atom stereocenters. The summed E-state index contributed by atoms with van der Waals surface area (Å²) >= 11 is 1.87. The van der Waals surface area contributed by atoms with Crippen molar-refractivity contribution in [1.82, 2.24) is 10.6 Å². The summed E-state index contributed by atoms with van der Waals surface area (Å²) in [6.07, 6.45) is 4.17. The first-order valence-corrected chi connectivity index (χ1v) is 8.44. The highest BCUT2D eigenvalue weighted by Gasteiger charge is 2.34. The van der Waals surface area contributed by atoms with Crippen molar-refractivity contribution in [3.63, 3.8) is 0 Å². The van der Waals surface area contributed by atoms with Crippen molar-refractivity contribution in [2.75, 3.05) is 19.8 Å². The number of nitrogens with one attached hydrogen (secondary N) is 2. The predicted molar refractivity (Wildman–Crippen MR) is 84.6 cm³/mol. The summed E-state index contributed by atoms with van der Waals surface area (Å²) < 4.78 is 5.54. The van der Waals surface area contributed by atoms with Gasteiger partial charge in [0.25, 0.3) is 0 Å². The average Bonchev–Trinajstić information content (AvgIpc) is 3.31. The van der Waals surface area contributed by atoms with Gasteiger partial charge in [-0.25, -0.2) is 4.79 Å². The van der Waals surface area contributed by atoms with E-state index in [0.29, 0.717) is 12.6 Å². The van der Waals surface area contributed by atoms with Crippen LogP contribution in [0.3, 0.4) is 0 Å². The van der Waals surface area contributed by atoms with Gasteiger partial charge in [0, 0.05) is 35.4 Å². The number of hydrogen-bond donors (Lipinski definition) is 2. The maximum Gasteiger partial charge on any atom is 0.315 e. The number of amides is 2. The summed E-state index contributed by atoms with van der Waals surface area (Å²) in [7, 11) is 0. The molecule has 114 valence electrons.